The van der Waals surface area contributed by atoms with Crippen LogP contribution in [-0.2, 0) is 4.79 Å². The normalized spacial score (nSPS) is 12.0. The number of carbonyl (C=O) groups excluding carboxylic acids is 1. The van der Waals surface area contributed by atoms with Gasteiger partial charge < -0.3 is 10.2 Å². The van der Waals surface area contributed by atoms with Gasteiger partial charge in [0.15, 0.2) is 0 Å². The van der Waals surface area contributed by atoms with Gasteiger partial charge in [-0.1, -0.05) is 167 Å². The summed E-state index contributed by atoms with van der Waals surface area (Å²) in [5, 5.41) is 3.36. The summed E-state index contributed by atoms with van der Waals surface area (Å²) in [7, 11) is 3.96. The number of amides is 1. The monoisotopic (exact) mass is 617 g/mol. The largest absolute Gasteiger partial charge is 0.352 e. The quantitative estimate of drug-likeness (QED) is 0.0567. The molecule has 3 heteroatoms. The van der Waals surface area contributed by atoms with Crippen molar-refractivity contribution in [2.24, 2.45) is 0 Å². The second-order valence-electron chi connectivity index (χ2n) is 14.0. The molecule has 0 aromatic heterocycles. The second-order valence-corrected chi connectivity index (χ2v) is 14.0. The first-order valence-electron chi connectivity index (χ1n) is 19.8. The maximum absolute atomic E-state index is 12.4. The molecule has 0 rings (SSSR count). The first kappa shape index (κ1) is 42.9. The molecule has 0 aliphatic carbocycles. The van der Waals surface area contributed by atoms with Crippen LogP contribution in [0.3, 0.4) is 0 Å². The van der Waals surface area contributed by atoms with Gasteiger partial charge in [-0.3, -0.25) is 4.79 Å². The lowest BCUT2D eigenvalue weighted by Gasteiger charge is -2.20. The molecular weight excluding hydrogens is 536 g/mol. The standard InChI is InChI=1S/C41H80N2O/c1-5-7-9-11-13-15-17-19-21-23-25-27-29-31-33-35-37-40(42-41(44)39-43(3)4)38-36-34-32-30-28-26-24-22-20-18-16-14-12-10-8-6-2/h19-22,40H,5-18,23-39H2,1-4H3,(H,42,44)/b21-19-,22-20-. The lowest BCUT2D eigenvalue weighted by molar-refractivity contribution is -0.122. The SMILES string of the molecule is CCCCCCCC/C=C\CCCCCCCCC(CCCCCCCC/C=C\CCCCCCCC)NC(=O)CN(C)C. The molecule has 0 fully saturated rings. The molecular formula is C41H80N2O. The fourth-order valence-electron chi connectivity index (χ4n) is 6.13. The molecule has 0 aromatic rings. The molecule has 1 N–H and O–H groups in total. The average molecular weight is 617 g/mol. The zero-order chi connectivity index (χ0) is 32.2. The van der Waals surface area contributed by atoms with Crippen molar-refractivity contribution in [3.8, 4) is 0 Å². The molecule has 0 heterocycles. The first-order chi connectivity index (χ1) is 21.6. The van der Waals surface area contributed by atoms with Crippen LogP contribution >= 0.6 is 0 Å². The smallest absolute Gasteiger partial charge is 0.234 e. The van der Waals surface area contributed by atoms with Crippen LogP contribution in [0.4, 0.5) is 0 Å². The Morgan fingerprint density at radius 1 is 0.477 bits per heavy atom. The predicted molar refractivity (Wildman–Crippen MR) is 199 cm³/mol. The number of hydrogen-bond acceptors (Lipinski definition) is 2. The lowest BCUT2D eigenvalue weighted by Crippen LogP contribution is -2.40. The van der Waals surface area contributed by atoms with E-state index in [1.165, 1.54) is 180 Å². The van der Waals surface area contributed by atoms with E-state index in [1.807, 2.05) is 19.0 Å². The van der Waals surface area contributed by atoms with Crippen LogP contribution in [0.1, 0.15) is 206 Å². The van der Waals surface area contributed by atoms with Crippen molar-refractivity contribution < 1.29 is 4.79 Å². The molecule has 1 amide bonds. The van der Waals surface area contributed by atoms with Crippen LogP contribution in [-0.4, -0.2) is 37.5 Å². The molecule has 0 saturated carbocycles. The molecule has 44 heavy (non-hydrogen) atoms. The minimum Gasteiger partial charge on any atom is -0.352 e. The summed E-state index contributed by atoms with van der Waals surface area (Å²) >= 11 is 0. The number of allylic oxidation sites excluding steroid dienone is 4. The third-order valence-corrected chi connectivity index (χ3v) is 8.95. The first-order valence-corrected chi connectivity index (χ1v) is 19.8. The fourth-order valence-corrected chi connectivity index (χ4v) is 6.13. The van der Waals surface area contributed by atoms with E-state index in [-0.39, 0.29) is 5.91 Å². The van der Waals surface area contributed by atoms with Gasteiger partial charge in [-0.05, 0) is 78.3 Å². The Bertz CT molecular complexity index is 584. The van der Waals surface area contributed by atoms with Crippen molar-refractivity contribution in [3.05, 3.63) is 24.3 Å². The maximum atomic E-state index is 12.4. The molecule has 0 aliphatic rings. The van der Waals surface area contributed by atoms with E-state index in [9.17, 15) is 4.79 Å². The van der Waals surface area contributed by atoms with Gasteiger partial charge in [-0.15, -0.1) is 0 Å². The van der Waals surface area contributed by atoms with Crippen LogP contribution in [0, 0.1) is 0 Å². The number of unbranched alkanes of at least 4 members (excludes halogenated alkanes) is 24. The highest BCUT2D eigenvalue weighted by Crippen LogP contribution is 2.16. The van der Waals surface area contributed by atoms with E-state index in [1.54, 1.807) is 0 Å². The van der Waals surface area contributed by atoms with Gasteiger partial charge in [0.2, 0.25) is 5.91 Å². The summed E-state index contributed by atoms with van der Waals surface area (Å²) < 4.78 is 0. The molecule has 0 bridgehead atoms. The van der Waals surface area contributed by atoms with Crippen LogP contribution in [0.15, 0.2) is 24.3 Å². The summed E-state index contributed by atoms with van der Waals surface area (Å²) in [4.78, 5) is 14.4. The van der Waals surface area contributed by atoms with E-state index < -0.39 is 0 Å². The average Bonchev–Trinajstić information content (AvgIpc) is 3.00. The van der Waals surface area contributed by atoms with Crippen LogP contribution in [0.25, 0.3) is 0 Å². The Balaban J connectivity index is 3.83. The van der Waals surface area contributed by atoms with Gasteiger partial charge in [0.1, 0.15) is 0 Å². The predicted octanol–water partition coefficient (Wildman–Crippen LogP) is 12.9. The van der Waals surface area contributed by atoms with Gasteiger partial charge in [-0.25, -0.2) is 0 Å². The molecule has 0 saturated heterocycles. The van der Waals surface area contributed by atoms with Crippen molar-refractivity contribution in [2.45, 2.75) is 213 Å². The summed E-state index contributed by atoms with van der Waals surface area (Å²) in [6, 6.07) is 0.357. The Morgan fingerprint density at radius 3 is 1.09 bits per heavy atom. The number of nitrogens with one attached hydrogen (secondary N) is 1. The lowest BCUT2D eigenvalue weighted by atomic mass is 9.99. The Hall–Kier alpha value is -1.09. The van der Waals surface area contributed by atoms with Crippen LogP contribution in [0.5, 0.6) is 0 Å². The number of carbonyl (C=O) groups is 1. The molecule has 0 atom stereocenters. The minimum atomic E-state index is 0.189. The minimum absolute atomic E-state index is 0.189. The van der Waals surface area contributed by atoms with Crippen LogP contribution in [0.2, 0.25) is 0 Å². The van der Waals surface area contributed by atoms with Gasteiger partial charge in [0.05, 0.1) is 6.54 Å². The van der Waals surface area contributed by atoms with Crippen LogP contribution < -0.4 is 5.32 Å². The third kappa shape index (κ3) is 35.4. The fraction of sp³-hybridized carbons (Fsp3) is 0.878. The summed E-state index contributed by atoms with van der Waals surface area (Å²) in [5.41, 5.74) is 0. The van der Waals surface area contributed by atoms with Gasteiger partial charge >= 0.3 is 0 Å². The number of likely N-dealkylation sites (N-methyl/N-ethyl adjacent to an activating group) is 1. The zero-order valence-corrected chi connectivity index (χ0v) is 30.7. The number of rotatable bonds is 35. The van der Waals surface area contributed by atoms with Crippen molar-refractivity contribution in [3.63, 3.8) is 0 Å². The number of nitrogens with zero attached hydrogens (tertiary/aromatic N) is 1. The van der Waals surface area contributed by atoms with Crippen molar-refractivity contribution in [2.75, 3.05) is 20.6 Å². The van der Waals surface area contributed by atoms with Crippen molar-refractivity contribution >= 4 is 5.91 Å². The second kappa shape index (κ2) is 36.4. The summed E-state index contributed by atoms with van der Waals surface area (Å²) in [6.45, 7) is 5.07. The zero-order valence-electron chi connectivity index (χ0n) is 30.7. The van der Waals surface area contributed by atoms with E-state index in [2.05, 4.69) is 43.5 Å². The molecule has 0 aromatic carbocycles. The van der Waals surface area contributed by atoms with Gasteiger partial charge in [-0.2, -0.15) is 0 Å². The van der Waals surface area contributed by atoms with Gasteiger partial charge in [0, 0.05) is 6.04 Å². The third-order valence-electron chi connectivity index (χ3n) is 8.95. The van der Waals surface area contributed by atoms with E-state index >= 15 is 0 Å². The Morgan fingerprint density at radius 2 is 0.773 bits per heavy atom. The molecule has 0 aliphatic heterocycles. The highest BCUT2D eigenvalue weighted by Gasteiger charge is 2.12. The molecule has 0 radical (unpaired) electrons. The Labute approximate surface area is 277 Å². The summed E-state index contributed by atoms with van der Waals surface area (Å²) in [5.74, 6) is 0.189. The Kier molecular flexibility index (Phi) is 35.5. The van der Waals surface area contributed by atoms with Gasteiger partial charge in [0.25, 0.3) is 0 Å². The van der Waals surface area contributed by atoms with E-state index in [0.717, 1.165) is 12.8 Å². The van der Waals surface area contributed by atoms with Crippen molar-refractivity contribution in [1.29, 1.82) is 0 Å². The molecule has 0 unspecified atom stereocenters. The topological polar surface area (TPSA) is 32.3 Å². The van der Waals surface area contributed by atoms with Crippen molar-refractivity contribution in [1.82, 2.24) is 10.2 Å². The molecule has 260 valence electrons. The maximum Gasteiger partial charge on any atom is 0.234 e. The highest BCUT2D eigenvalue weighted by atomic mass is 16.2. The molecule has 3 nitrogen and oxygen atoms in total. The molecule has 0 spiro atoms. The summed E-state index contributed by atoms with van der Waals surface area (Å²) in [6.07, 6.45) is 49.7. The number of hydrogen-bond donors (Lipinski definition) is 1. The highest BCUT2D eigenvalue weighted by molar-refractivity contribution is 5.78. The van der Waals surface area contributed by atoms with E-state index in [4.69, 9.17) is 0 Å². The van der Waals surface area contributed by atoms with E-state index in [0.29, 0.717) is 12.6 Å².